The Hall–Kier alpha value is -3.20. The molecule has 0 saturated heterocycles. The van der Waals surface area contributed by atoms with E-state index in [9.17, 15) is 19.2 Å². The number of carboxylic acids is 3. The summed E-state index contributed by atoms with van der Waals surface area (Å²) in [5, 5.41) is 25.4. The summed E-state index contributed by atoms with van der Waals surface area (Å²) in [6.45, 7) is 0. The number of ketones is 1. The molecule has 0 amide bonds. The van der Waals surface area contributed by atoms with Crippen LogP contribution in [0.25, 0.3) is 10.9 Å². The Kier molecular flexibility index (Phi) is 6.63. The lowest BCUT2D eigenvalue weighted by Crippen LogP contribution is -2.32. The van der Waals surface area contributed by atoms with Crippen molar-refractivity contribution in [3.05, 3.63) is 36.0 Å². The molecular formula is C15H16N2O7. The number of aromatic nitrogens is 1. The quantitative estimate of drug-likeness (QED) is 0.368. The van der Waals surface area contributed by atoms with Gasteiger partial charge in [-0.05, 0) is 11.6 Å². The highest BCUT2D eigenvalue weighted by Crippen LogP contribution is 2.18. The molecule has 0 bridgehead atoms. The Bertz CT molecular complexity index is 766. The van der Waals surface area contributed by atoms with E-state index in [1.165, 1.54) is 0 Å². The molecule has 1 aromatic heterocycles. The largest absolute Gasteiger partial charge is 0.481 e. The van der Waals surface area contributed by atoms with Crippen molar-refractivity contribution in [2.45, 2.75) is 18.9 Å². The zero-order chi connectivity index (χ0) is 18.3. The Morgan fingerprint density at radius 2 is 1.71 bits per heavy atom. The highest BCUT2D eigenvalue weighted by Gasteiger charge is 2.15. The average molecular weight is 336 g/mol. The van der Waals surface area contributed by atoms with Gasteiger partial charge in [0.25, 0.3) is 5.78 Å². The molecule has 0 aliphatic rings. The van der Waals surface area contributed by atoms with Gasteiger partial charge < -0.3 is 26.0 Å². The normalized spacial score (nSPS) is 11.2. The number of aliphatic carboxylic acids is 3. The number of fused-ring (bicyclic) bond motifs is 1. The SMILES string of the molecule is N[C@@H](Cc1c[nH]c2ccccc12)C(=O)O.O=C(O)CC(=O)C(=O)O. The van der Waals surface area contributed by atoms with Gasteiger partial charge in [0.15, 0.2) is 0 Å². The van der Waals surface area contributed by atoms with Crippen molar-refractivity contribution in [2.75, 3.05) is 0 Å². The lowest BCUT2D eigenvalue weighted by molar-refractivity contribution is -0.152. The number of nitrogens with one attached hydrogen (secondary N) is 1. The van der Waals surface area contributed by atoms with Crippen molar-refractivity contribution < 1.29 is 34.5 Å². The third-order valence-corrected chi connectivity index (χ3v) is 2.98. The van der Waals surface area contributed by atoms with Crippen LogP contribution < -0.4 is 5.73 Å². The summed E-state index contributed by atoms with van der Waals surface area (Å²) in [6.07, 6.45) is 1.21. The molecule has 128 valence electrons. The number of hydrogen-bond donors (Lipinski definition) is 5. The summed E-state index contributed by atoms with van der Waals surface area (Å²) in [7, 11) is 0. The predicted molar refractivity (Wildman–Crippen MR) is 82.5 cm³/mol. The number of nitrogens with two attached hydrogens (primary N) is 1. The van der Waals surface area contributed by atoms with Gasteiger partial charge in [-0.15, -0.1) is 0 Å². The monoisotopic (exact) mass is 336 g/mol. The van der Waals surface area contributed by atoms with Gasteiger partial charge in [0, 0.05) is 23.5 Å². The molecule has 0 fully saturated rings. The number of aromatic amines is 1. The Morgan fingerprint density at radius 3 is 2.21 bits per heavy atom. The minimum atomic E-state index is -1.71. The number of carboxylic acid groups (broad SMARTS) is 3. The molecule has 1 aromatic carbocycles. The van der Waals surface area contributed by atoms with Gasteiger partial charge in [-0.3, -0.25) is 14.4 Å². The van der Waals surface area contributed by atoms with Crippen LogP contribution in [-0.4, -0.2) is 50.0 Å². The second kappa shape index (κ2) is 8.44. The van der Waals surface area contributed by atoms with Crippen molar-refractivity contribution >= 4 is 34.6 Å². The van der Waals surface area contributed by atoms with Crippen LogP contribution in [0.1, 0.15) is 12.0 Å². The van der Waals surface area contributed by atoms with Gasteiger partial charge in [-0.1, -0.05) is 18.2 Å². The van der Waals surface area contributed by atoms with E-state index < -0.39 is 36.2 Å². The molecule has 9 heteroatoms. The zero-order valence-corrected chi connectivity index (χ0v) is 12.4. The van der Waals surface area contributed by atoms with Crippen LogP contribution in [0.15, 0.2) is 30.5 Å². The summed E-state index contributed by atoms with van der Waals surface area (Å²) in [4.78, 5) is 42.9. The second-order valence-corrected chi connectivity index (χ2v) is 4.81. The Morgan fingerprint density at radius 1 is 1.08 bits per heavy atom. The summed E-state index contributed by atoms with van der Waals surface area (Å²) < 4.78 is 0. The Labute approximate surface area is 135 Å². The number of benzene rings is 1. The lowest BCUT2D eigenvalue weighted by Gasteiger charge is -2.04. The Balaban J connectivity index is 0.000000277. The van der Waals surface area contributed by atoms with Gasteiger partial charge in [0.05, 0.1) is 0 Å². The maximum absolute atomic E-state index is 10.6. The highest BCUT2D eigenvalue weighted by atomic mass is 16.4. The minimum Gasteiger partial charge on any atom is -0.481 e. The number of rotatable bonds is 6. The van der Waals surface area contributed by atoms with E-state index in [-0.39, 0.29) is 0 Å². The molecule has 0 radical (unpaired) electrons. The maximum Gasteiger partial charge on any atom is 0.372 e. The van der Waals surface area contributed by atoms with Crippen LogP contribution in [-0.2, 0) is 25.6 Å². The van der Waals surface area contributed by atoms with Crippen LogP contribution in [0.4, 0.5) is 0 Å². The maximum atomic E-state index is 10.6. The molecule has 0 spiro atoms. The lowest BCUT2D eigenvalue weighted by atomic mass is 10.1. The number of Topliss-reactive ketones (excluding diaryl/α,β-unsaturated/α-hetero) is 1. The number of carbonyl (C=O) groups excluding carboxylic acids is 1. The molecule has 0 aliphatic carbocycles. The predicted octanol–water partition coefficient (Wildman–Crippen LogP) is 0.237. The van der Waals surface area contributed by atoms with E-state index in [1.54, 1.807) is 0 Å². The van der Waals surface area contributed by atoms with Gasteiger partial charge in [0.1, 0.15) is 12.5 Å². The van der Waals surface area contributed by atoms with Crippen LogP contribution >= 0.6 is 0 Å². The van der Waals surface area contributed by atoms with E-state index >= 15 is 0 Å². The minimum absolute atomic E-state index is 0.347. The fourth-order valence-corrected chi connectivity index (χ4v) is 1.84. The van der Waals surface area contributed by atoms with Crippen molar-refractivity contribution in [3.63, 3.8) is 0 Å². The fraction of sp³-hybridized carbons (Fsp3) is 0.200. The van der Waals surface area contributed by atoms with Crippen molar-refractivity contribution in [1.82, 2.24) is 4.98 Å². The van der Waals surface area contributed by atoms with E-state index in [2.05, 4.69) is 4.98 Å². The summed E-state index contributed by atoms with van der Waals surface area (Å²) in [5.41, 5.74) is 7.43. The zero-order valence-electron chi connectivity index (χ0n) is 12.4. The molecule has 0 unspecified atom stereocenters. The molecule has 2 rings (SSSR count). The molecular weight excluding hydrogens is 320 g/mol. The average Bonchev–Trinajstić information content (AvgIpc) is 2.90. The molecule has 1 atom stereocenters. The highest BCUT2D eigenvalue weighted by molar-refractivity contribution is 6.35. The molecule has 0 saturated carbocycles. The van der Waals surface area contributed by atoms with Crippen LogP contribution in [0.5, 0.6) is 0 Å². The van der Waals surface area contributed by atoms with Crippen LogP contribution in [0.3, 0.4) is 0 Å². The number of H-pyrrole nitrogens is 1. The molecule has 9 nitrogen and oxygen atoms in total. The van der Waals surface area contributed by atoms with Crippen molar-refractivity contribution in [1.29, 1.82) is 0 Å². The summed E-state index contributed by atoms with van der Waals surface area (Å²) in [5.74, 6) is -5.41. The molecule has 24 heavy (non-hydrogen) atoms. The smallest absolute Gasteiger partial charge is 0.372 e. The third-order valence-electron chi connectivity index (χ3n) is 2.98. The first-order valence-electron chi connectivity index (χ1n) is 6.73. The van der Waals surface area contributed by atoms with Gasteiger partial charge in [0.2, 0.25) is 0 Å². The molecule has 1 heterocycles. The standard InChI is InChI=1S/C11H12N2O2.C4H4O5/c12-9(11(14)15)5-7-6-13-10-4-2-1-3-8(7)10;5-2(4(8)9)1-3(6)7/h1-4,6,9,13H,5,12H2,(H,14,15);1H2,(H,6,7)(H,8,9)/t9-;/m0./s1. The van der Waals surface area contributed by atoms with Crippen LogP contribution in [0, 0.1) is 0 Å². The molecule has 0 aliphatic heterocycles. The number of carbonyl (C=O) groups is 4. The molecule has 6 N–H and O–H groups in total. The van der Waals surface area contributed by atoms with E-state index in [0.717, 1.165) is 16.5 Å². The summed E-state index contributed by atoms with van der Waals surface area (Å²) in [6, 6.07) is 6.91. The summed E-state index contributed by atoms with van der Waals surface area (Å²) >= 11 is 0. The second-order valence-electron chi connectivity index (χ2n) is 4.81. The first kappa shape index (κ1) is 18.8. The number of hydrogen-bond acceptors (Lipinski definition) is 5. The van der Waals surface area contributed by atoms with Gasteiger partial charge in [-0.2, -0.15) is 0 Å². The van der Waals surface area contributed by atoms with E-state index in [4.69, 9.17) is 21.1 Å². The molecule has 2 aromatic rings. The first-order valence-corrected chi connectivity index (χ1v) is 6.73. The third kappa shape index (κ3) is 5.54. The first-order chi connectivity index (χ1) is 11.2. The topological polar surface area (TPSA) is 171 Å². The fourth-order valence-electron chi connectivity index (χ4n) is 1.84. The van der Waals surface area contributed by atoms with Crippen molar-refractivity contribution in [2.24, 2.45) is 5.73 Å². The van der Waals surface area contributed by atoms with Gasteiger partial charge >= 0.3 is 17.9 Å². The van der Waals surface area contributed by atoms with E-state index in [0.29, 0.717) is 6.42 Å². The number of para-hydroxylation sites is 1. The van der Waals surface area contributed by atoms with Crippen molar-refractivity contribution in [3.8, 4) is 0 Å². The van der Waals surface area contributed by atoms with Crippen LogP contribution in [0.2, 0.25) is 0 Å². The van der Waals surface area contributed by atoms with Gasteiger partial charge in [-0.25, -0.2) is 4.79 Å². The van der Waals surface area contributed by atoms with E-state index in [1.807, 2.05) is 30.5 Å².